The molecule has 0 aliphatic rings. The molecule has 21 heavy (non-hydrogen) atoms. The van der Waals surface area contributed by atoms with Gasteiger partial charge in [-0.1, -0.05) is 43.6 Å². The summed E-state index contributed by atoms with van der Waals surface area (Å²) in [6.07, 6.45) is 0. The summed E-state index contributed by atoms with van der Waals surface area (Å²) in [5.74, 6) is -0.775. The fraction of sp³-hybridized carbons (Fsp3) is 0.188. The molecule has 2 aromatic rings. The minimum atomic E-state index is -1.08. The minimum Gasteiger partial charge on any atom is -0.478 e. The maximum absolute atomic E-state index is 11.4. The molecule has 2 aromatic carbocycles. The van der Waals surface area contributed by atoms with E-state index in [4.69, 9.17) is 17.3 Å². The van der Waals surface area contributed by atoms with E-state index in [1.54, 1.807) is 0 Å². The van der Waals surface area contributed by atoms with Gasteiger partial charge in [-0.2, -0.15) is 0 Å². The molecule has 0 bridgehead atoms. The number of anilines is 3. The molecule has 5 heteroatoms. The van der Waals surface area contributed by atoms with Crippen molar-refractivity contribution in [3.8, 4) is 0 Å². The zero-order chi connectivity index (χ0) is 15.6. The number of carboxylic acids is 1. The molecular formula is C16H17ClN2O2. The lowest BCUT2D eigenvalue weighted by molar-refractivity contribution is 0.0698. The van der Waals surface area contributed by atoms with E-state index in [0.717, 1.165) is 11.3 Å². The highest BCUT2D eigenvalue weighted by molar-refractivity contribution is 6.34. The van der Waals surface area contributed by atoms with Crippen LogP contribution in [0.5, 0.6) is 0 Å². The molecule has 0 amide bonds. The summed E-state index contributed by atoms with van der Waals surface area (Å²) in [6, 6.07) is 10.7. The number of carbonyl (C=O) groups is 1. The maximum Gasteiger partial charge on any atom is 0.337 e. The number of aromatic carboxylic acids is 1. The standard InChI is InChI=1S/C16H17ClN2O2/c1-9(2)11-5-3-4-6-14(11)19-15-12(16(20)21)7-10(18)8-13(15)17/h3-9,19H,18H2,1-2H3,(H,20,21). The van der Waals surface area contributed by atoms with Gasteiger partial charge in [-0.05, 0) is 29.7 Å². The SMILES string of the molecule is CC(C)c1ccccc1Nc1c(Cl)cc(N)cc1C(=O)O. The lowest BCUT2D eigenvalue weighted by Gasteiger charge is -2.17. The molecule has 0 aliphatic carbocycles. The summed E-state index contributed by atoms with van der Waals surface area (Å²) in [6.45, 7) is 4.15. The smallest absolute Gasteiger partial charge is 0.337 e. The molecule has 2 rings (SSSR count). The first kappa shape index (κ1) is 15.2. The normalized spacial score (nSPS) is 10.7. The molecule has 0 aromatic heterocycles. The molecule has 0 heterocycles. The fourth-order valence-electron chi connectivity index (χ4n) is 2.17. The topological polar surface area (TPSA) is 75.3 Å². The van der Waals surface area contributed by atoms with Gasteiger partial charge in [0, 0.05) is 11.4 Å². The molecule has 0 atom stereocenters. The van der Waals surface area contributed by atoms with E-state index in [-0.39, 0.29) is 10.6 Å². The Morgan fingerprint density at radius 1 is 1.29 bits per heavy atom. The van der Waals surface area contributed by atoms with Crippen molar-refractivity contribution in [3.05, 3.63) is 52.5 Å². The van der Waals surface area contributed by atoms with E-state index in [2.05, 4.69) is 19.2 Å². The summed E-state index contributed by atoms with van der Waals surface area (Å²) >= 11 is 6.15. The van der Waals surface area contributed by atoms with Gasteiger partial charge in [0.15, 0.2) is 0 Å². The molecule has 0 spiro atoms. The van der Waals surface area contributed by atoms with Crippen molar-refractivity contribution >= 4 is 34.6 Å². The lowest BCUT2D eigenvalue weighted by atomic mass is 10.0. The van der Waals surface area contributed by atoms with Gasteiger partial charge in [-0.3, -0.25) is 0 Å². The third-order valence-corrected chi connectivity index (χ3v) is 3.48. The van der Waals surface area contributed by atoms with Crippen molar-refractivity contribution in [2.45, 2.75) is 19.8 Å². The van der Waals surface area contributed by atoms with E-state index in [1.807, 2.05) is 24.3 Å². The van der Waals surface area contributed by atoms with Crippen LogP contribution in [0.1, 0.15) is 35.7 Å². The molecule has 0 saturated carbocycles. The summed E-state index contributed by atoms with van der Waals surface area (Å²) in [7, 11) is 0. The first-order valence-electron chi connectivity index (χ1n) is 6.58. The first-order valence-corrected chi connectivity index (χ1v) is 6.96. The highest BCUT2D eigenvalue weighted by Gasteiger charge is 2.16. The minimum absolute atomic E-state index is 0.0542. The van der Waals surface area contributed by atoms with Crippen LogP contribution in [0.3, 0.4) is 0 Å². The summed E-state index contributed by atoms with van der Waals surface area (Å²) in [5.41, 5.74) is 8.31. The van der Waals surface area contributed by atoms with Crippen LogP contribution in [0.15, 0.2) is 36.4 Å². The van der Waals surface area contributed by atoms with Crippen LogP contribution >= 0.6 is 11.6 Å². The quantitative estimate of drug-likeness (QED) is 0.728. The molecule has 0 fully saturated rings. The number of carboxylic acid groups (broad SMARTS) is 1. The number of hydrogen-bond acceptors (Lipinski definition) is 3. The number of nitrogen functional groups attached to an aromatic ring is 1. The molecule has 4 N–H and O–H groups in total. The second-order valence-electron chi connectivity index (χ2n) is 5.10. The molecule has 0 unspecified atom stereocenters. The molecule has 0 aliphatic heterocycles. The Kier molecular flexibility index (Phi) is 4.38. The molecule has 0 saturated heterocycles. The van der Waals surface area contributed by atoms with Crippen molar-refractivity contribution in [2.75, 3.05) is 11.1 Å². The number of benzene rings is 2. The van der Waals surface area contributed by atoms with E-state index in [0.29, 0.717) is 17.3 Å². The van der Waals surface area contributed by atoms with Crippen molar-refractivity contribution in [1.82, 2.24) is 0 Å². The van der Waals surface area contributed by atoms with Gasteiger partial charge in [0.2, 0.25) is 0 Å². The lowest BCUT2D eigenvalue weighted by Crippen LogP contribution is -2.06. The Morgan fingerprint density at radius 3 is 2.57 bits per heavy atom. The second kappa shape index (κ2) is 6.06. The average molecular weight is 305 g/mol. The third kappa shape index (κ3) is 3.28. The molecule has 4 nitrogen and oxygen atoms in total. The number of rotatable bonds is 4. The Morgan fingerprint density at radius 2 is 1.95 bits per heavy atom. The Balaban J connectivity index is 2.52. The summed E-state index contributed by atoms with van der Waals surface area (Å²) < 4.78 is 0. The Bertz CT molecular complexity index is 684. The average Bonchev–Trinajstić information content (AvgIpc) is 2.41. The van der Waals surface area contributed by atoms with Crippen molar-refractivity contribution in [3.63, 3.8) is 0 Å². The van der Waals surface area contributed by atoms with Crippen LogP contribution in [-0.2, 0) is 0 Å². The summed E-state index contributed by atoms with van der Waals surface area (Å²) in [4.78, 5) is 11.4. The van der Waals surface area contributed by atoms with Crippen LogP contribution in [0.25, 0.3) is 0 Å². The van der Waals surface area contributed by atoms with Gasteiger partial charge in [-0.25, -0.2) is 4.79 Å². The monoisotopic (exact) mass is 304 g/mol. The van der Waals surface area contributed by atoms with Gasteiger partial charge < -0.3 is 16.2 Å². The van der Waals surface area contributed by atoms with Crippen molar-refractivity contribution < 1.29 is 9.90 Å². The van der Waals surface area contributed by atoms with Crippen LogP contribution in [0.4, 0.5) is 17.1 Å². The third-order valence-electron chi connectivity index (χ3n) is 3.19. The largest absolute Gasteiger partial charge is 0.478 e. The Labute approximate surface area is 128 Å². The zero-order valence-electron chi connectivity index (χ0n) is 11.9. The molecule has 0 radical (unpaired) electrons. The van der Waals surface area contributed by atoms with Gasteiger partial charge in [-0.15, -0.1) is 0 Å². The number of nitrogens with two attached hydrogens (primary N) is 1. The maximum atomic E-state index is 11.4. The fourth-order valence-corrected chi connectivity index (χ4v) is 2.45. The molecule has 110 valence electrons. The van der Waals surface area contributed by atoms with Gasteiger partial charge in [0.1, 0.15) is 0 Å². The number of para-hydroxylation sites is 1. The number of nitrogens with one attached hydrogen (secondary N) is 1. The van der Waals surface area contributed by atoms with Gasteiger partial charge in [0.05, 0.1) is 16.3 Å². The van der Waals surface area contributed by atoms with E-state index in [9.17, 15) is 9.90 Å². The first-order chi connectivity index (χ1) is 9.90. The second-order valence-corrected chi connectivity index (χ2v) is 5.50. The van der Waals surface area contributed by atoms with E-state index >= 15 is 0 Å². The van der Waals surface area contributed by atoms with Crippen molar-refractivity contribution in [2.24, 2.45) is 0 Å². The van der Waals surface area contributed by atoms with Gasteiger partial charge >= 0.3 is 5.97 Å². The summed E-state index contributed by atoms with van der Waals surface area (Å²) in [5, 5.41) is 12.7. The number of halogens is 1. The van der Waals surface area contributed by atoms with Crippen molar-refractivity contribution in [1.29, 1.82) is 0 Å². The van der Waals surface area contributed by atoms with E-state index in [1.165, 1.54) is 12.1 Å². The van der Waals surface area contributed by atoms with Gasteiger partial charge in [0.25, 0.3) is 0 Å². The zero-order valence-corrected chi connectivity index (χ0v) is 12.6. The predicted octanol–water partition coefficient (Wildman–Crippen LogP) is 4.49. The van der Waals surface area contributed by atoms with Crippen LogP contribution in [0, 0.1) is 0 Å². The molecular weight excluding hydrogens is 288 g/mol. The highest BCUT2D eigenvalue weighted by atomic mass is 35.5. The highest BCUT2D eigenvalue weighted by Crippen LogP contribution is 2.34. The van der Waals surface area contributed by atoms with E-state index < -0.39 is 5.97 Å². The Hall–Kier alpha value is -2.20. The van der Waals surface area contributed by atoms with Crippen LogP contribution in [0.2, 0.25) is 5.02 Å². The predicted molar refractivity (Wildman–Crippen MR) is 86.6 cm³/mol. The van der Waals surface area contributed by atoms with Crippen LogP contribution < -0.4 is 11.1 Å². The van der Waals surface area contributed by atoms with Crippen LogP contribution in [-0.4, -0.2) is 11.1 Å². The number of hydrogen-bond donors (Lipinski definition) is 3.